The lowest BCUT2D eigenvalue weighted by Crippen LogP contribution is -2.50. The predicted molar refractivity (Wildman–Crippen MR) is 66.1 cm³/mol. The van der Waals surface area contributed by atoms with Gasteiger partial charge in [0.05, 0.1) is 17.1 Å². The van der Waals surface area contributed by atoms with E-state index < -0.39 is 12.0 Å². The van der Waals surface area contributed by atoms with Crippen molar-refractivity contribution in [1.82, 2.24) is 5.32 Å². The fourth-order valence-corrected chi connectivity index (χ4v) is 2.48. The highest BCUT2D eigenvalue weighted by molar-refractivity contribution is 9.10. The molecule has 1 N–H and O–H groups in total. The molecule has 0 bridgehead atoms. The highest BCUT2D eigenvalue weighted by Crippen LogP contribution is 2.37. The fraction of sp³-hybridized carbons (Fsp3) is 0.417. The van der Waals surface area contributed by atoms with Gasteiger partial charge in [-0.3, -0.25) is 4.79 Å². The minimum Gasteiger partial charge on any atom is -0.496 e. The van der Waals surface area contributed by atoms with Gasteiger partial charge in [0.25, 0.3) is 11.8 Å². The van der Waals surface area contributed by atoms with Crippen LogP contribution in [0.3, 0.4) is 0 Å². The number of alkyl halides is 2. The molecule has 0 radical (unpaired) electrons. The number of ether oxygens (including phenoxy) is 1. The summed E-state index contributed by atoms with van der Waals surface area (Å²) in [6.45, 7) is 0. The smallest absolute Gasteiger partial charge is 0.252 e. The van der Waals surface area contributed by atoms with Gasteiger partial charge >= 0.3 is 0 Å². The number of hydrogen-bond donors (Lipinski definition) is 1. The number of rotatable bonds is 3. The Kier molecular flexibility index (Phi) is 3.56. The average Bonchev–Trinajstić information content (AvgIpc) is 2.26. The molecule has 6 heteroatoms. The van der Waals surface area contributed by atoms with E-state index in [4.69, 9.17) is 4.74 Å². The van der Waals surface area contributed by atoms with Crippen molar-refractivity contribution in [3.05, 3.63) is 28.2 Å². The van der Waals surface area contributed by atoms with Crippen LogP contribution in [0.4, 0.5) is 8.78 Å². The van der Waals surface area contributed by atoms with Crippen molar-refractivity contribution in [2.24, 2.45) is 0 Å². The standard InChI is InChI=1S/C12H12BrF2NO2/c1-18-9-4-2-3-8(10(9)13)11(17)16-7-5-12(14,15)6-7/h2-4,7H,5-6H2,1H3,(H,16,17). The van der Waals surface area contributed by atoms with Gasteiger partial charge in [-0.2, -0.15) is 0 Å². The fourth-order valence-electron chi connectivity index (χ4n) is 1.87. The third-order valence-electron chi connectivity index (χ3n) is 2.85. The largest absolute Gasteiger partial charge is 0.496 e. The van der Waals surface area contributed by atoms with E-state index in [1.165, 1.54) is 7.11 Å². The van der Waals surface area contributed by atoms with Crippen molar-refractivity contribution in [2.45, 2.75) is 24.8 Å². The summed E-state index contributed by atoms with van der Waals surface area (Å²) < 4.78 is 30.9. The number of halogens is 3. The van der Waals surface area contributed by atoms with Gasteiger partial charge in [-0.25, -0.2) is 8.78 Å². The molecule has 1 aromatic carbocycles. The first-order chi connectivity index (χ1) is 8.43. The van der Waals surface area contributed by atoms with Gasteiger partial charge in [0.15, 0.2) is 0 Å². The molecule has 1 aromatic rings. The molecule has 18 heavy (non-hydrogen) atoms. The predicted octanol–water partition coefficient (Wildman–Crippen LogP) is 2.99. The molecule has 1 aliphatic rings. The summed E-state index contributed by atoms with van der Waals surface area (Å²) in [7, 11) is 1.49. The minimum atomic E-state index is -2.64. The second-order valence-electron chi connectivity index (χ2n) is 4.26. The number of carbonyl (C=O) groups excluding carboxylic acids is 1. The Bertz CT molecular complexity index is 471. The van der Waals surface area contributed by atoms with E-state index in [0.717, 1.165) is 0 Å². The van der Waals surface area contributed by atoms with Crippen LogP contribution >= 0.6 is 15.9 Å². The summed E-state index contributed by atoms with van der Waals surface area (Å²) in [6.07, 6.45) is -0.583. The molecule has 1 fully saturated rings. The molecular formula is C12H12BrF2NO2. The van der Waals surface area contributed by atoms with E-state index in [9.17, 15) is 13.6 Å². The van der Waals surface area contributed by atoms with Crippen LogP contribution in [0.25, 0.3) is 0 Å². The average molecular weight is 320 g/mol. The van der Waals surface area contributed by atoms with E-state index in [-0.39, 0.29) is 18.7 Å². The van der Waals surface area contributed by atoms with Crippen LogP contribution in [0.1, 0.15) is 23.2 Å². The van der Waals surface area contributed by atoms with E-state index in [1.807, 2.05) is 0 Å². The maximum Gasteiger partial charge on any atom is 0.252 e. The third-order valence-corrected chi connectivity index (χ3v) is 3.67. The van der Waals surface area contributed by atoms with Crippen LogP contribution < -0.4 is 10.1 Å². The van der Waals surface area contributed by atoms with Crippen molar-refractivity contribution in [1.29, 1.82) is 0 Å². The van der Waals surface area contributed by atoms with Crippen LogP contribution in [0.5, 0.6) is 5.75 Å². The first-order valence-electron chi connectivity index (χ1n) is 5.44. The normalized spacial score (nSPS) is 18.0. The van der Waals surface area contributed by atoms with Crippen LogP contribution in [-0.4, -0.2) is 25.0 Å². The van der Waals surface area contributed by atoms with E-state index in [0.29, 0.717) is 15.8 Å². The first-order valence-corrected chi connectivity index (χ1v) is 6.23. The van der Waals surface area contributed by atoms with Crippen LogP contribution in [0.15, 0.2) is 22.7 Å². The molecule has 1 amide bonds. The van der Waals surface area contributed by atoms with Gasteiger partial charge in [-0.15, -0.1) is 0 Å². The zero-order chi connectivity index (χ0) is 13.3. The molecule has 0 saturated heterocycles. The lowest BCUT2D eigenvalue weighted by Gasteiger charge is -2.35. The molecule has 0 atom stereocenters. The Labute approximate surface area is 112 Å². The van der Waals surface area contributed by atoms with E-state index in [1.54, 1.807) is 18.2 Å². The van der Waals surface area contributed by atoms with Gasteiger partial charge in [0.1, 0.15) is 5.75 Å². The highest BCUT2D eigenvalue weighted by Gasteiger charge is 2.46. The molecule has 0 unspecified atom stereocenters. The minimum absolute atomic E-state index is 0.291. The number of hydrogen-bond acceptors (Lipinski definition) is 2. The van der Waals surface area contributed by atoms with Gasteiger partial charge in [0, 0.05) is 18.9 Å². The van der Waals surface area contributed by atoms with Crippen LogP contribution in [0.2, 0.25) is 0 Å². The zero-order valence-electron chi connectivity index (χ0n) is 9.67. The molecule has 0 aromatic heterocycles. The highest BCUT2D eigenvalue weighted by atomic mass is 79.9. The van der Waals surface area contributed by atoms with Gasteiger partial charge < -0.3 is 10.1 Å². The van der Waals surface area contributed by atoms with Crippen LogP contribution in [0, 0.1) is 0 Å². The van der Waals surface area contributed by atoms with Crippen molar-refractivity contribution in [3.8, 4) is 5.75 Å². The summed E-state index contributed by atoms with van der Waals surface area (Å²) in [5.41, 5.74) is 0.379. The first kappa shape index (κ1) is 13.3. The monoisotopic (exact) mass is 319 g/mol. The van der Waals surface area contributed by atoms with Gasteiger partial charge in [-0.1, -0.05) is 6.07 Å². The lowest BCUT2D eigenvalue weighted by molar-refractivity contribution is -0.0901. The summed E-state index contributed by atoms with van der Waals surface area (Å²) in [4.78, 5) is 11.9. The Morgan fingerprint density at radius 1 is 1.50 bits per heavy atom. The number of amides is 1. The molecular weight excluding hydrogens is 308 g/mol. The maximum absolute atomic E-state index is 12.7. The number of nitrogens with one attached hydrogen (secondary N) is 1. The summed E-state index contributed by atoms with van der Waals surface area (Å²) in [5.74, 6) is -2.48. The quantitative estimate of drug-likeness (QED) is 0.930. The summed E-state index contributed by atoms with van der Waals surface area (Å²) in [5, 5.41) is 2.58. The van der Waals surface area contributed by atoms with E-state index >= 15 is 0 Å². The molecule has 0 aliphatic heterocycles. The molecule has 0 heterocycles. The van der Waals surface area contributed by atoms with Gasteiger partial charge in [-0.05, 0) is 28.1 Å². The zero-order valence-corrected chi connectivity index (χ0v) is 11.3. The topological polar surface area (TPSA) is 38.3 Å². The molecule has 2 rings (SSSR count). The van der Waals surface area contributed by atoms with Crippen molar-refractivity contribution >= 4 is 21.8 Å². The van der Waals surface area contributed by atoms with Crippen molar-refractivity contribution in [3.63, 3.8) is 0 Å². The van der Waals surface area contributed by atoms with Crippen molar-refractivity contribution < 1.29 is 18.3 Å². The van der Waals surface area contributed by atoms with Crippen molar-refractivity contribution in [2.75, 3.05) is 7.11 Å². The summed E-state index contributed by atoms with van der Waals surface area (Å²) in [6, 6.07) is 4.54. The number of benzene rings is 1. The Hall–Kier alpha value is -1.17. The second-order valence-corrected chi connectivity index (χ2v) is 5.05. The van der Waals surface area contributed by atoms with Crippen LogP contribution in [-0.2, 0) is 0 Å². The number of methoxy groups -OCH3 is 1. The molecule has 1 saturated carbocycles. The van der Waals surface area contributed by atoms with E-state index in [2.05, 4.69) is 21.2 Å². The maximum atomic E-state index is 12.7. The Morgan fingerprint density at radius 3 is 2.72 bits per heavy atom. The molecule has 1 aliphatic carbocycles. The van der Waals surface area contributed by atoms with Gasteiger partial charge in [0.2, 0.25) is 0 Å². The molecule has 3 nitrogen and oxygen atoms in total. The Morgan fingerprint density at radius 2 is 2.17 bits per heavy atom. The third kappa shape index (κ3) is 2.63. The SMILES string of the molecule is COc1cccc(C(=O)NC2CC(F)(F)C2)c1Br. The molecule has 0 spiro atoms. The summed E-state index contributed by atoms with van der Waals surface area (Å²) >= 11 is 3.26. The number of carbonyl (C=O) groups is 1. The second kappa shape index (κ2) is 4.84. The molecule has 98 valence electrons. The Balaban J connectivity index is 2.06. The lowest BCUT2D eigenvalue weighted by atomic mass is 9.88.